The van der Waals surface area contributed by atoms with E-state index in [2.05, 4.69) is 14.8 Å². The maximum Gasteiger partial charge on any atom is 0.344 e. The Morgan fingerprint density at radius 3 is 2.48 bits per heavy atom. The Labute approximate surface area is 137 Å². The largest absolute Gasteiger partial charge is 0.487 e. The highest BCUT2D eigenvalue weighted by Crippen LogP contribution is 2.25. The van der Waals surface area contributed by atoms with Crippen LogP contribution in [0.3, 0.4) is 0 Å². The lowest BCUT2D eigenvalue weighted by Crippen LogP contribution is -2.33. The number of hydrogen-bond donors (Lipinski definition) is 2. The van der Waals surface area contributed by atoms with Crippen LogP contribution in [0, 0.1) is 0 Å². The topological polar surface area (TPSA) is 97.2 Å². The van der Waals surface area contributed by atoms with Gasteiger partial charge >= 0.3 is 24.0 Å². The number of H-pyrrole nitrogens is 1. The number of nitrogens with zero attached hydrogens (tertiary/aromatic N) is 2. The summed E-state index contributed by atoms with van der Waals surface area (Å²) in [5, 5.41) is 12.7. The molecule has 1 heterocycles. The number of carboxylic acids is 1. The van der Waals surface area contributed by atoms with Crippen molar-refractivity contribution in [2.45, 2.75) is 25.3 Å². The van der Waals surface area contributed by atoms with Crippen LogP contribution in [-0.2, 0) is 4.79 Å². The predicted molar refractivity (Wildman–Crippen MR) is 77.1 cm³/mol. The van der Waals surface area contributed by atoms with E-state index in [-0.39, 0.29) is 11.6 Å². The molecule has 0 fully saturated rings. The van der Waals surface area contributed by atoms with E-state index in [9.17, 15) is 27.2 Å². The summed E-state index contributed by atoms with van der Waals surface area (Å²) < 4.78 is 55.0. The first-order chi connectivity index (χ1) is 11.6. The van der Waals surface area contributed by atoms with Gasteiger partial charge in [-0.05, 0) is 31.2 Å². The summed E-state index contributed by atoms with van der Waals surface area (Å²) in [6.07, 6.45) is -3.84. The number of rotatable bonds is 7. The van der Waals surface area contributed by atoms with E-state index in [1.54, 1.807) is 0 Å². The van der Waals surface area contributed by atoms with Crippen molar-refractivity contribution in [3.05, 3.63) is 34.7 Å². The molecule has 0 amide bonds. The number of alkyl halides is 4. The summed E-state index contributed by atoms with van der Waals surface area (Å²) in [6, 6.07) is 3.98. The lowest BCUT2D eigenvalue weighted by molar-refractivity contribution is -0.148. The highest BCUT2D eigenvalue weighted by atomic mass is 19.3. The molecule has 0 aliphatic carbocycles. The minimum Gasteiger partial charge on any atom is -0.487 e. The van der Waals surface area contributed by atoms with Gasteiger partial charge in [0.1, 0.15) is 5.75 Å². The van der Waals surface area contributed by atoms with Gasteiger partial charge in [0, 0.05) is 5.56 Å². The number of aromatic nitrogens is 3. The Morgan fingerprint density at radius 2 is 1.96 bits per heavy atom. The van der Waals surface area contributed by atoms with Crippen molar-refractivity contribution in [3.8, 4) is 17.1 Å². The molecule has 2 aromatic rings. The third-order valence-electron chi connectivity index (χ3n) is 3.24. The van der Waals surface area contributed by atoms with Crippen LogP contribution in [0.2, 0.25) is 0 Å². The number of halogens is 4. The monoisotopic (exact) mass is 363 g/mol. The van der Waals surface area contributed by atoms with Gasteiger partial charge in [-0.1, -0.05) is 0 Å². The Balaban J connectivity index is 2.14. The molecule has 0 saturated carbocycles. The molecular weight excluding hydrogens is 350 g/mol. The number of nitrogens with one attached hydrogen (secondary N) is 1. The van der Waals surface area contributed by atoms with Crippen molar-refractivity contribution in [3.63, 3.8) is 0 Å². The second kappa shape index (κ2) is 6.95. The van der Waals surface area contributed by atoms with Crippen LogP contribution in [0.4, 0.5) is 17.6 Å². The van der Waals surface area contributed by atoms with E-state index >= 15 is 0 Å². The van der Waals surface area contributed by atoms with E-state index < -0.39 is 36.7 Å². The van der Waals surface area contributed by atoms with Gasteiger partial charge in [-0.2, -0.15) is 13.5 Å². The van der Waals surface area contributed by atoms with Crippen LogP contribution in [0.5, 0.6) is 5.75 Å². The maximum atomic E-state index is 12.8. The molecule has 0 bridgehead atoms. The molecule has 2 rings (SSSR count). The smallest absolute Gasteiger partial charge is 0.344 e. The summed E-state index contributed by atoms with van der Waals surface area (Å²) in [6.45, 7) is -0.208. The van der Waals surface area contributed by atoms with Crippen LogP contribution >= 0.6 is 0 Å². The van der Waals surface area contributed by atoms with Gasteiger partial charge in [-0.15, -0.1) is 5.10 Å². The molecule has 1 aromatic heterocycles. The highest BCUT2D eigenvalue weighted by molar-refractivity contribution is 5.71. The second-order valence-corrected chi connectivity index (χ2v) is 5.11. The molecule has 0 spiro atoms. The molecule has 0 aliphatic heterocycles. The van der Waals surface area contributed by atoms with Crippen molar-refractivity contribution >= 4 is 5.97 Å². The third-order valence-corrected chi connectivity index (χ3v) is 3.24. The van der Waals surface area contributed by atoms with E-state index in [4.69, 9.17) is 5.11 Å². The lowest BCUT2D eigenvalue weighted by Gasteiger charge is -2.15. The Bertz CT molecular complexity index is 801. The molecule has 25 heavy (non-hydrogen) atoms. The first kappa shape index (κ1) is 18.5. The molecule has 2 N–H and O–H groups in total. The molecule has 0 radical (unpaired) electrons. The van der Waals surface area contributed by atoms with E-state index in [1.165, 1.54) is 31.2 Å². The number of hydrogen-bond acceptors (Lipinski definition) is 4. The Kier molecular flexibility index (Phi) is 5.14. The molecule has 1 unspecified atom stereocenters. The average molecular weight is 363 g/mol. The van der Waals surface area contributed by atoms with E-state index in [0.29, 0.717) is 5.56 Å². The summed E-state index contributed by atoms with van der Waals surface area (Å²) in [7, 11) is 0. The molecule has 0 aliphatic rings. The van der Waals surface area contributed by atoms with Crippen LogP contribution < -0.4 is 10.4 Å². The molecule has 0 saturated heterocycles. The molecular formula is C14H13F4N3O4. The molecule has 1 atom stereocenters. The summed E-state index contributed by atoms with van der Waals surface area (Å²) >= 11 is 0. The molecule has 1 aromatic carbocycles. The minimum absolute atomic E-state index is 0.0579. The number of carbonyl (C=O) groups is 1. The second-order valence-electron chi connectivity index (χ2n) is 5.11. The molecule has 7 nitrogen and oxygen atoms in total. The third kappa shape index (κ3) is 4.17. The highest BCUT2D eigenvalue weighted by Gasteiger charge is 2.41. The maximum absolute atomic E-state index is 12.8. The quantitative estimate of drug-likeness (QED) is 0.735. The zero-order valence-corrected chi connectivity index (χ0v) is 12.7. The predicted octanol–water partition coefficient (Wildman–Crippen LogP) is 2.16. The summed E-state index contributed by atoms with van der Waals surface area (Å²) in [5.74, 6) is -5.54. The molecule has 11 heteroatoms. The van der Waals surface area contributed by atoms with Crippen LogP contribution in [0.15, 0.2) is 29.1 Å². The van der Waals surface area contributed by atoms with Crippen LogP contribution in [-0.4, -0.2) is 44.8 Å². The number of benzene rings is 1. The van der Waals surface area contributed by atoms with Crippen molar-refractivity contribution in [1.29, 1.82) is 0 Å². The fourth-order valence-electron chi connectivity index (χ4n) is 1.79. The first-order valence-electron chi connectivity index (χ1n) is 6.92. The summed E-state index contributed by atoms with van der Waals surface area (Å²) in [5.41, 5.74) is -0.386. The normalized spacial score (nSPS) is 13.0. The van der Waals surface area contributed by atoms with Gasteiger partial charge in [0.15, 0.2) is 18.5 Å². The van der Waals surface area contributed by atoms with Gasteiger partial charge < -0.3 is 9.84 Å². The zero-order chi connectivity index (χ0) is 18.8. The van der Waals surface area contributed by atoms with Gasteiger partial charge in [0.2, 0.25) is 0 Å². The SMILES string of the molecule is CC(C(=O)O)n1nc(-c2ccc(OCC(F)(F)C(F)F)cc2)[nH]c1=O. The van der Waals surface area contributed by atoms with E-state index in [0.717, 1.165) is 4.68 Å². The fraction of sp³-hybridized carbons (Fsp3) is 0.357. The van der Waals surface area contributed by atoms with Gasteiger partial charge in [0.05, 0.1) is 0 Å². The van der Waals surface area contributed by atoms with Crippen LogP contribution in [0.25, 0.3) is 11.4 Å². The lowest BCUT2D eigenvalue weighted by atomic mass is 10.2. The van der Waals surface area contributed by atoms with E-state index in [1.807, 2.05) is 0 Å². The number of aromatic amines is 1. The summed E-state index contributed by atoms with van der Waals surface area (Å²) in [4.78, 5) is 25.0. The average Bonchev–Trinajstić information content (AvgIpc) is 2.94. The van der Waals surface area contributed by atoms with Crippen molar-refractivity contribution in [1.82, 2.24) is 14.8 Å². The van der Waals surface area contributed by atoms with Crippen LogP contribution in [0.1, 0.15) is 13.0 Å². The fourth-order valence-corrected chi connectivity index (χ4v) is 1.79. The van der Waals surface area contributed by atoms with Crippen molar-refractivity contribution in [2.24, 2.45) is 0 Å². The molecule has 136 valence electrons. The van der Waals surface area contributed by atoms with Crippen molar-refractivity contribution < 1.29 is 32.2 Å². The Hall–Kier alpha value is -2.85. The first-order valence-corrected chi connectivity index (χ1v) is 6.92. The van der Waals surface area contributed by atoms with Crippen molar-refractivity contribution in [2.75, 3.05) is 6.61 Å². The van der Waals surface area contributed by atoms with Gasteiger partial charge in [-0.25, -0.2) is 18.4 Å². The standard InChI is InChI=1S/C14H13F4N3O4/c1-7(11(22)23)21-13(24)19-10(20-21)8-2-4-9(5-3-8)25-6-14(17,18)12(15)16/h2-5,7,12H,6H2,1H3,(H,22,23)(H,19,20,24). The number of ether oxygens (including phenoxy) is 1. The van der Waals surface area contributed by atoms with Gasteiger partial charge in [0.25, 0.3) is 0 Å². The minimum atomic E-state index is -4.27. The zero-order valence-electron chi connectivity index (χ0n) is 12.7. The Morgan fingerprint density at radius 1 is 1.36 bits per heavy atom. The van der Waals surface area contributed by atoms with Gasteiger partial charge in [-0.3, -0.25) is 4.98 Å². The number of carboxylic acid groups (broad SMARTS) is 1. The number of aliphatic carboxylic acids is 1.